The predicted octanol–water partition coefficient (Wildman–Crippen LogP) is 0.940. The molecule has 17 heavy (non-hydrogen) atoms. The molecular weight excluding hydrogens is 234 g/mol. The van der Waals surface area contributed by atoms with Gasteiger partial charge in [0.05, 0.1) is 6.07 Å². The Morgan fingerprint density at radius 1 is 1.24 bits per heavy atom. The number of amides is 1. The van der Waals surface area contributed by atoms with E-state index in [-0.39, 0.29) is 12.3 Å². The van der Waals surface area contributed by atoms with Gasteiger partial charge >= 0.3 is 0 Å². The summed E-state index contributed by atoms with van der Waals surface area (Å²) in [4.78, 5) is 15.9. The molecule has 2 heterocycles. The Labute approximate surface area is 107 Å². The fraction of sp³-hybridized carbons (Fsp3) is 0.833. The second-order valence-electron chi connectivity index (χ2n) is 4.60. The summed E-state index contributed by atoms with van der Waals surface area (Å²) >= 11 is 2.05. The third-order valence-electron chi connectivity index (χ3n) is 3.60. The highest BCUT2D eigenvalue weighted by molar-refractivity contribution is 7.99. The second kappa shape index (κ2) is 6.27. The summed E-state index contributed by atoms with van der Waals surface area (Å²) in [7, 11) is 0. The molecular formula is C12H19N3OS. The normalized spacial score (nSPS) is 23.4. The standard InChI is InChI=1S/C12H19N3OS/c13-4-1-12(16)15-7-5-14(6-8-15)11-2-9-17-10-3-11/h11H,1-3,5-10H2. The average Bonchev–Trinajstić information content (AvgIpc) is 2.40. The van der Waals surface area contributed by atoms with E-state index in [1.165, 1.54) is 24.3 Å². The van der Waals surface area contributed by atoms with Gasteiger partial charge in [-0.25, -0.2) is 0 Å². The Morgan fingerprint density at radius 3 is 2.47 bits per heavy atom. The lowest BCUT2D eigenvalue weighted by Gasteiger charge is -2.40. The SMILES string of the molecule is N#CCC(=O)N1CCN(C2CCSCC2)CC1. The number of rotatable bonds is 2. The smallest absolute Gasteiger partial charge is 0.236 e. The zero-order valence-electron chi connectivity index (χ0n) is 10.1. The number of nitriles is 1. The minimum Gasteiger partial charge on any atom is -0.339 e. The first-order chi connectivity index (χ1) is 8.31. The summed E-state index contributed by atoms with van der Waals surface area (Å²) in [5.41, 5.74) is 0. The summed E-state index contributed by atoms with van der Waals surface area (Å²) in [5, 5.41) is 8.51. The van der Waals surface area contributed by atoms with Gasteiger partial charge in [-0.1, -0.05) is 0 Å². The minimum absolute atomic E-state index is 0.00801. The van der Waals surface area contributed by atoms with Gasteiger partial charge in [0.15, 0.2) is 0 Å². The molecule has 2 fully saturated rings. The molecule has 0 bridgehead atoms. The van der Waals surface area contributed by atoms with E-state index in [2.05, 4.69) is 4.90 Å². The van der Waals surface area contributed by atoms with Crippen LogP contribution in [0.3, 0.4) is 0 Å². The van der Waals surface area contributed by atoms with Crippen molar-refractivity contribution in [2.45, 2.75) is 25.3 Å². The maximum Gasteiger partial charge on any atom is 0.236 e. The van der Waals surface area contributed by atoms with Crippen LogP contribution in [-0.2, 0) is 4.79 Å². The van der Waals surface area contributed by atoms with Gasteiger partial charge in [-0.05, 0) is 24.3 Å². The van der Waals surface area contributed by atoms with Gasteiger partial charge in [-0.3, -0.25) is 9.69 Å². The van der Waals surface area contributed by atoms with Crippen molar-refractivity contribution < 1.29 is 4.79 Å². The average molecular weight is 253 g/mol. The van der Waals surface area contributed by atoms with Gasteiger partial charge in [0, 0.05) is 32.2 Å². The largest absolute Gasteiger partial charge is 0.339 e. The first-order valence-corrected chi connectivity index (χ1v) is 7.43. The zero-order valence-corrected chi connectivity index (χ0v) is 10.9. The van der Waals surface area contributed by atoms with Crippen molar-refractivity contribution in [3.8, 4) is 6.07 Å². The topological polar surface area (TPSA) is 47.3 Å². The number of carbonyl (C=O) groups is 1. The van der Waals surface area contributed by atoms with Crippen LogP contribution in [0.15, 0.2) is 0 Å². The van der Waals surface area contributed by atoms with Gasteiger partial charge < -0.3 is 4.90 Å². The first kappa shape index (κ1) is 12.7. The zero-order chi connectivity index (χ0) is 12.1. The number of nitrogens with zero attached hydrogens (tertiary/aromatic N) is 3. The molecule has 0 saturated carbocycles. The summed E-state index contributed by atoms with van der Waals surface area (Å²) < 4.78 is 0. The van der Waals surface area contributed by atoms with Crippen LogP contribution in [0.5, 0.6) is 0 Å². The molecule has 1 amide bonds. The number of hydrogen-bond acceptors (Lipinski definition) is 4. The summed E-state index contributed by atoms with van der Waals surface area (Å²) in [6.07, 6.45) is 2.60. The van der Waals surface area contributed by atoms with E-state index in [4.69, 9.17) is 5.26 Å². The third kappa shape index (κ3) is 3.36. The van der Waals surface area contributed by atoms with Gasteiger partial charge in [0.25, 0.3) is 0 Å². The van der Waals surface area contributed by atoms with E-state index in [0.29, 0.717) is 0 Å². The lowest BCUT2D eigenvalue weighted by Crippen LogP contribution is -2.52. The lowest BCUT2D eigenvalue weighted by atomic mass is 10.1. The van der Waals surface area contributed by atoms with E-state index in [1.54, 1.807) is 0 Å². The third-order valence-corrected chi connectivity index (χ3v) is 4.65. The molecule has 2 rings (SSSR count). The quantitative estimate of drug-likeness (QED) is 0.735. The van der Waals surface area contributed by atoms with Gasteiger partial charge in [-0.2, -0.15) is 17.0 Å². The highest BCUT2D eigenvalue weighted by atomic mass is 32.2. The molecule has 0 aromatic heterocycles. The summed E-state index contributed by atoms with van der Waals surface area (Å²) in [6.45, 7) is 3.55. The molecule has 0 aromatic rings. The van der Waals surface area contributed by atoms with Crippen molar-refractivity contribution in [1.29, 1.82) is 5.26 Å². The molecule has 5 heteroatoms. The second-order valence-corrected chi connectivity index (χ2v) is 5.82. The van der Waals surface area contributed by atoms with Crippen LogP contribution in [0.1, 0.15) is 19.3 Å². The first-order valence-electron chi connectivity index (χ1n) is 6.28. The van der Waals surface area contributed by atoms with Crippen LogP contribution in [0.4, 0.5) is 0 Å². The Bertz CT molecular complexity index is 301. The highest BCUT2D eigenvalue weighted by Crippen LogP contribution is 2.22. The molecule has 0 aliphatic carbocycles. The van der Waals surface area contributed by atoms with Crippen LogP contribution in [-0.4, -0.2) is 59.4 Å². The number of carbonyl (C=O) groups excluding carboxylic acids is 1. The minimum atomic E-state index is -0.00801. The number of piperazine rings is 1. The molecule has 0 aromatic carbocycles. The van der Waals surface area contributed by atoms with Crippen LogP contribution in [0.25, 0.3) is 0 Å². The van der Waals surface area contributed by atoms with Crippen molar-refractivity contribution >= 4 is 17.7 Å². The molecule has 4 nitrogen and oxygen atoms in total. The Balaban J connectivity index is 1.77. The van der Waals surface area contributed by atoms with Crippen LogP contribution < -0.4 is 0 Å². The van der Waals surface area contributed by atoms with Crippen LogP contribution >= 0.6 is 11.8 Å². The maximum absolute atomic E-state index is 11.6. The van der Waals surface area contributed by atoms with E-state index in [1.807, 2.05) is 22.7 Å². The molecule has 0 spiro atoms. The highest BCUT2D eigenvalue weighted by Gasteiger charge is 2.26. The van der Waals surface area contributed by atoms with Gasteiger partial charge in [0.1, 0.15) is 6.42 Å². The van der Waals surface area contributed by atoms with E-state index in [9.17, 15) is 4.79 Å². The fourth-order valence-electron chi connectivity index (χ4n) is 2.57. The molecule has 0 atom stereocenters. The fourth-order valence-corrected chi connectivity index (χ4v) is 3.65. The van der Waals surface area contributed by atoms with Crippen molar-refractivity contribution in [1.82, 2.24) is 9.80 Å². The molecule has 0 unspecified atom stereocenters. The maximum atomic E-state index is 11.6. The Hall–Kier alpha value is -0.730. The number of thioether (sulfide) groups is 1. The number of hydrogen-bond donors (Lipinski definition) is 0. The van der Waals surface area contributed by atoms with Crippen molar-refractivity contribution in [3.63, 3.8) is 0 Å². The molecule has 0 N–H and O–H groups in total. The molecule has 94 valence electrons. The van der Waals surface area contributed by atoms with E-state index >= 15 is 0 Å². The van der Waals surface area contributed by atoms with E-state index < -0.39 is 0 Å². The predicted molar refractivity (Wildman–Crippen MR) is 68.7 cm³/mol. The van der Waals surface area contributed by atoms with Crippen molar-refractivity contribution in [2.24, 2.45) is 0 Å². The van der Waals surface area contributed by atoms with Gasteiger partial charge in [0.2, 0.25) is 5.91 Å². The monoisotopic (exact) mass is 253 g/mol. The van der Waals surface area contributed by atoms with Crippen LogP contribution in [0.2, 0.25) is 0 Å². The Morgan fingerprint density at radius 2 is 1.88 bits per heavy atom. The van der Waals surface area contributed by atoms with Crippen molar-refractivity contribution in [2.75, 3.05) is 37.7 Å². The molecule has 0 radical (unpaired) electrons. The molecule has 2 aliphatic heterocycles. The molecule has 2 saturated heterocycles. The van der Waals surface area contributed by atoms with Crippen LogP contribution in [0, 0.1) is 11.3 Å². The summed E-state index contributed by atoms with van der Waals surface area (Å²) in [5.74, 6) is 2.54. The van der Waals surface area contributed by atoms with Crippen molar-refractivity contribution in [3.05, 3.63) is 0 Å². The summed E-state index contributed by atoms with van der Waals surface area (Å²) in [6, 6.07) is 2.66. The van der Waals surface area contributed by atoms with E-state index in [0.717, 1.165) is 32.2 Å². The van der Waals surface area contributed by atoms with Gasteiger partial charge in [-0.15, -0.1) is 0 Å². The Kier molecular flexibility index (Phi) is 4.69. The molecule has 2 aliphatic rings. The lowest BCUT2D eigenvalue weighted by molar-refractivity contribution is -0.132.